The van der Waals surface area contributed by atoms with Gasteiger partial charge in [-0.25, -0.2) is 4.98 Å². The van der Waals surface area contributed by atoms with Gasteiger partial charge in [0.15, 0.2) is 0 Å². The lowest BCUT2D eigenvalue weighted by Gasteiger charge is -2.37. The molecule has 0 spiro atoms. The zero-order chi connectivity index (χ0) is 17.8. The van der Waals surface area contributed by atoms with Crippen LogP contribution < -0.4 is 4.90 Å². The second-order valence-corrected chi connectivity index (χ2v) is 7.22. The number of hydrogen-bond acceptors (Lipinski definition) is 5. The number of aromatic nitrogens is 1. The van der Waals surface area contributed by atoms with Gasteiger partial charge in [0.05, 0.1) is 29.4 Å². The summed E-state index contributed by atoms with van der Waals surface area (Å²) in [5, 5.41) is 0.508. The molecule has 0 saturated carbocycles. The first-order chi connectivity index (χ1) is 12.1. The van der Waals surface area contributed by atoms with E-state index in [1.54, 1.807) is 19.4 Å². The Kier molecular flexibility index (Phi) is 6.15. The van der Waals surface area contributed by atoms with Gasteiger partial charge in [0, 0.05) is 39.5 Å². The summed E-state index contributed by atoms with van der Waals surface area (Å²) < 4.78 is 11.1. The number of piperidine rings is 1. The van der Waals surface area contributed by atoms with Crippen molar-refractivity contribution in [1.29, 1.82) is 0 Å². The summed E-state index contributed by atoms with van der Waals surface area (Å²) in [7, 11) is 1.67. The topological polar surface area (TPSA) is 54.9 Å². The van der Waals surface area contributed by atoms with Gasteiger partial charge in [0.2, 0.25) is 0 Å². The predicted octanol–water partition coefficient (Wildman–Crippen LogP) is 2.60. The van der Waals surface area contributed by atoms with Crippen molar-refractivity contribution < 1.29 is 14.3 Å². The van der Waals surface area contributed by atoms with E-state index in [1.807, 2.05) is 11.8 Å². The van der Waals surface area contributed by atoms with Crippen LogP contribution in [0.25, 0.3) is 0 Å². The fourth-order valence-corrected chi connectivity index (χ4v) is 3.84. The molecule has 6 nitrogen and oxygen atoms in total. The van der Waals surface area contributed by atoms with Crippen molar-refractivity contribution in [3.8, 4) is 0 Å². The second-order valence-electron chi connectivity index (χ2n) is 6.81. The van der Waals surface area contributed by atoms with Gasteiger partial charge >= 0.3 is 0 Å². The molecule has 1 aromatic rings. The molecule has 0 radical (unpaired) electrons. The number of hydrogen-bond donors (Lipinski definition) is 0. The molecule has 3 rings (SSSR count). The van der Waals surface area contributed by atoms with Crippen molar-refractivity contribution in [3.05, 3.63) is 22.8 Å². The van der Waals surface area contributed by atoms with E-state index in [0.29, 0.717) is 36.1 Å². The van der Waals surface area contributed by atoms with Crippen molar-refractivity contribution in [3.63, 3.8) is 0 Å². The number of anilines is 1. The number of pyridine rings is 1. The molecule has 0 aliphatic carbocycles. The summed E-state index contributed by atoms with van der Waals surface area (Å²) in [6, 6.07) is 1.74. The van der Waals surface area contributed by atoms with Crippen molar-refractivity contribution in [2.75, 3.05) is 44.8 Å². The minimum absolute atomic E-state index is 0.0127. The van der Waals surface area contributed by atoms with E-state index in [9.17, 15) is 4.79 Å². The molecular formula is C18H26ClN3O3. The Labute approximate surface area is 154 Å². The Morgan fingerprint density at radius 3 is 2.80 bits per heavy atom. The maximum atomic E-state index is 12.6. The van der Waals surface area contributed by atoms with Crippen LogP contribution in [0.4, 0.5) is 5.82 Å². The van der Waals surface area contributed by atoms with Gasteiger partial charge < -0.3 is 19.3 Å². The monoisotopic (exact) mass is 367 g/mol. The Morgan fingerprint density at radius 2 is 2.12 bits per heavy atom. The number of likely N-dealkylation sites (tertiary alicyclic amines) is 1. The zero-order valence-corrected chi connectivity index (χ0v) is 15.7. The Bertz CT molecular complexity index is 607. The average molecular weight is 368 g/mol. The molecule has 2 unspecified atom stereocenters. The third-order valence-electron chi connectivity index (χ3n) is 4.69. The number of morpholine rings is 1. The van der Waals surface area contributed by atoms with Gasteiger partial charge in [-0.1, -0.05) is 11.6 Å². The van der Waals surface area contributed by atoms with Crippen LogP contribution in [0.15, 0.2) is 12.3 Å². The number of carbonyl (C=O) groups is 1. The molecule has 3 heterocycles. The van der Waals surface area contributed by atoms with Gasteiger partial charge in [0.25, 0.3) is 5.91 Å². The van der Waals surface area contributed by atoms with Crippen LogP contribution in [0, 0.1) is 0 Å². The van der Waals surface area contributed by atoms with Gasteiger partial charge in [-0.2, -0.15) is 0 Å². The standard InChI is InChI=1S/C18H26ClN3O3/c1-13-10-22(11-15(25-13)12-24-2)17-16(19)8-14(9-20-17)18(23)21-6-4-3-5-7-21/h8-9,13,15H,3-7,10-12H2,1-2H3. The lowest BCUT2D eigenvalue weighted by molar-refractivity contribution is -0.0512. The number of nitrogens with zero attached hydrogens (tertiary/aromatic N) is 3. The van der Waals surface area contributed by atoms with Crippen LogP contribution >= 0.6 is 11.6 Å². The number of rotatable bonds is 4. The highest BCUT2D eigenvalue weighted by Gasteiger charge is 2.28. The van der Waals surface area contributed by atoms with Crippen LogP contribution in [0.3, 0.4) is 0 Å². The minimum atomic E-state index is -0.0127. The largest absolute Gasteiger partial charge is 0.382 e. The Balaban J connectivity index is 1.73. The quantitative estimate of drug-likeness (QED) is 0.818. The highest BCUT2D eigenvalue weighted by atomic mass is 35.5. The van der Waals surface area contributed by atoms with Crippen LogP contribution in [0.5, 0.6) is 0 Å². The first-order valence-corrected chi connectivity index (χ1v) is 9.30. The van der Waals surface area contributed by atoms with Crippen molar-refractivity contribution in [2.24, 2.45) is 0 Å². The van der Waals surface area contributed by atoms with Gasteiger partial charge in [-0.05, 0) is 32.3 Å². The summed E-state index contributed by atoms with van der Waals surface area (Å²) >= 11 is 6.47. The fraction of sp³-hybridized carbons (Fsp3) is 0.667. The third-order valence-corrected chi connectivity index (χ3v) is 4.97. The van der Waals surface area contributed by atoms with Gasteiger partial charge in [-0.15, -0.1) is 0 Å². The molecule has 2 saturated heterocycles. The van der Waals surface area contributed by atoms with E-state index in [-0.39, 0.29) is 18.1 Å². The van der Waals surface area contributed by atoms with Crippen LogP contribution in [0.1, 0.15) is 36.5 Å². The summed E-state index contributed by atoms with van der Waals surface area (Å²) in [4.78, 5) is 21.1. The normalized spacial score (nSPS) is 24.4. The maximum Gasteiger partial charge on any atom is 0.255 e. The lowest BCUT2D eigenvalue weighted by Crippen LogP contribution is -2.48. The van der Waals surface area contributed by atoms with Crippen LogP contribution in [-0.4, -0.2) is 67.9 Å². The highest BCUT2D eigenvalue weighted by molar-refractivity contribution is 6.33. The number of amides is 1. The van der Waals surface area contributed by atoms with E-state index >= 15 is 0 Å². The maximum absolute atomic E-state index is 12.6. The predicted molar refractivity (Wildman–Crippen MR) is 97.4 cm³/mol. The molecule has 1 amide bonds. The highest BCUT2D eigenvalue weighted by Crippen LogP contribution is 2.28. The molecule has 0 bridgehead atoms. The molecule has 7 heteroatoms. The first kappa shape index (κ1) is 18.4. The minimum Gasteiger partial charge on any atom is -0.382 e. The fourth-order valence-electron chi connectivity index (χ4n) is 3.56. The van der Waals surface area contributed by atoms with E-state index < -0.39 is 0 Å². The first-order valence-electron chi connectivity index (χ1n) is 8.92. The average Bonchev–Trinajstić information content (AvgIpc) is 2.61. The van der Waals surface area contributed by atoms with Crippen LogP contribution in [0.2, 0.25) is 5.02 Å². The van der Waals surface area contributed by atoms with E-state index in [4.69, 9.17) is 21.1 Å². The molecule has 1 aromatic heterocycles. The van der Waals surface area contributed by atoms with Gasteiger partial charge in [0.1, 0.15) is 5.82 Å². The van der Waals surface area contributed by atoms with Crippen molar-refractivity contribution in [1.82, 2.24) is 9.88 Å². The zero-order valence-electron chi connectivity index (χ0n) is 14.9. The molecular weight excluding hydrogens is 342 g/mol. The summed E-state index contributed by atoms with van der Waals surface area (Å²) in [6.45, 7) is 5.58. The molecule has 25 heavy (non-hydrogen) atoms. The molecule has 2 fully saturated rings. The smallest absolute Gasteiger partial charge is 0.255 e. The van der Waals surface area contributed by atoms with E-state index in [2.05, 4.69) is 9.88 Å². The van der Waals surface area contributed by atoms with Gasteiger partial charge in [-0.3, -0.25) is 4.79 Å². The summed E-state index contributed by atoms with van der Waals surface area (Å²) in [5.74, 6) is 0.723. The molecule has 2 aliphatic heterocycles. The van der Waals surface area contributed by atoms with Crippen LogP contribution in [-0.2, 0) is 9.47 Å². The number of halogens is 1. The lowest BCUT2D eigenvalue weighted by atomic mass is 10.1. The van der Waals surface area contributed by atoms with Crippen molar-refractivity contribution >= 4 is 23.3 Å². The Morgan fingerprint density at radius 1 is 1.36 bits per heavy atom. The van der Waals surface area contributed by atoms with E-state index in [0.717, 1.165) is 25.9 Å². The Hall–Kier alpha value is -1.37. The summed E-state index contributed by atoms with van der Waals surface area (Å²) in [5.41, 5.74) is 0.561. The summed E-state index contributed by atoms with van der Waals surface area (Å²) in [6.07, 6.45) is 5.03. The number of carbonyl (C=O) groups excluding carboxylic acids is 1. The molecule has 0 N–H and O–H groups in total. The molecule has 0 aromatic carbocycles. The third kappa shape index (κ3) is 4.43. The number of ether oxygens (including phenoxy) is 2. The molecule has 138 valence electrons. The second kappa shape index (κ2) is 8.34. The molecule has 2 atom stereocenters. The van der Waals surface area contributed by atoms with E-state index in [1.165, 1.54) is 6.42 Å². The number of methoxy groups -OCH3 is 1. The van der Waals surface area contributed by atoms with Crippen molar-refractivity contribution in [2.45, 2.75) is 38.4 Å². The molecule has 2 aliphatic rings. The SMILES string of the molecule is COCC1CN(c2ncc(C(=O)N3CCCCC3)cc2Cl)CC(C)O1.